The Labute approximate surface area is 201 Å². The van der Waals surface area contributed by atoms with Crippen LogP contribution < -0.4 is 9.03 Å². The SMILES string of the molecule is Cc1ccc(NS(=O)c2ccc(N3CCCCCS3)cc2)cc1-c1nccc2ncccc12. The van der Waals surface area contributed by atoms with Gasteiger partial charge >= 0.3 is 0 Å². The smallest absolute Gasteiger partial charge is 0.150 e. The number of anilines is 2. The third-order valence-electron chi connectivity index (χ3n) is 5.82. The molecule has 0 amide bonds. The van der Waals surface area contributed by atoms with Gasteiger partial charge in [-0.3, -0.25) is 9.97 Å². The lowest BCUT2D eigenvalue weighted by Crippen LogP contribution is -2.14. The number of pyridine rings is 2. The van der Waals surface area contributed by atoms with Gasteiger partial charge in [0, 0.05) is 47.0 Å². The molecule has 2 aromatic carbocycles. The summed E-state index contributed by atoms with van der Waals surface area (Å²) < 4.78 is 18.6. The van der Waals surface area contributed by atoms with Gasteiger partial charge in [-0.15, -0.1) is 0 Å². The summed E-state index contributed by atoms with van der Waals surface area (Å²) in [7, 11) is -1.36. The van der Waals surface area contributed by atoms with E-state index < -0.39 is 11.0 Å². The minimum atomic E-state index is -1.36. The van der Waals surface area contributed by atoms with E-state index in [-0.39, 0.29) is 0 Å². The molecule has 1 atom stereocenters. The molecule has 0 spiro atoms. The quantitative estimate of drug-likeness (QED) is 0.340. The van der Waals surface area contributed by atoms with Crippen molar-refractivity contribution >= 4 is 45.2 Å². The zero-order chi connectivity index (χ0) is 22.6. The van der Waals surface area contributed by atoms with Crippen LogP contribution >= 0.6 is 11.9 Å². The fourth-order valence-corrected chi connectivity index (χ4v) is 5.96. The van der Waals surface area contributed by atoms with Crippen LogP contribution in [0.2, 0.25) is 0 Å². The average molecular weight is 475 g/mol. The lowest BCUT2D eigenvalue weighted by molar-refractivity contribution is 0.686. The largest absolute Gasteiger partial charge is 0.316 e. The first-order valence-corrected chi connectivity index (χ1v) is 13.3. The molecule has 2 aromatic heterocycles. The van der Waals surface area contributed by atoms with Crippen molar-refractivity contribution in [3.05, 3.63) is 78.6 Å². The minimum Gasteiger partial charge on any atom is -0.316 e. The van der Waals surface area contributed by atoms with Gasteiger partial charge in [-0.25, -0.2) is 4.21 Å². The lowest BCUT2D eigenvalue weighted by Gasteiger charge is -2.21. The molecule has 5 nitrogen and oxygen atoms in total. The summed E-state index contributed by atoms with van der Waals surface area (Å²) in [6.07, 6.45) is 7.36. The highest BCUT2D eigenvalue weighted by molar-refractivity contribution is 8.00. The molecule has 4 aromatic rings. The Hall–Kier alpha value is -2.90. The van der Waals surface area contributed by atoms with Gasteiger partial charge < -0.3 is 9.03 Å². The number of rotatable bonds is 5. The molecule has 1 aliphatic rings. The van der Waals surface area contributed by atoms with Crippen molar-refractivity contribution in [3.63, 3.8) is 0 Å². The van der Waals surface area contributed by atoms with Crippen LogP contribution in [0.15, 0.2) is 78.0 Å². The Morgan fingerprint density at radius 1 is 0.970 bits per heavy atom. The topological polar surface area (TPSA) is 58.1 Å². The van der Waals surface area contributed by atoms with E-state index in [0.717, 1.165) is 50.6 Å². The monoisotopic (exact) mass is 474 g/mol. The zero-order valence-electron chi connectivity index (χ0n) is 18.5. The summed E-state index contributed by atoms with van der Waals surface area (Å²) in [5.74, 6) is 1.16. The number of hydrogen-bond donors (Lipinski definition) is 1. The number of benzene rings is 2. The molecular weight excluding hydrogens is 448 g/mol. The first kappa shape index (κ1) is 21.9. The fourth-order valence-electron chi connectivity index (χ4n) is 4.04. The Bertz CT molecular complexity index is 1280. The molecule has 1 saturated heterocycles. The van der Waals surface area contributed by atoms with E-state index in [2.05, 4.69) is 38.1 Å². The summed E-state index contributed by atoms with van der Waals surface area (Å²) in [5.41, 5.74) is 5.87. The van der Waals surface area contributed by atoms with E-state index in [1.807, 2.05) is 60.5 Å². The van der Waals surface area contributed by atoms with Crippen LogP contribution in [0.3, 0.4) is 0 Å². The van der Waals surface area contributed by atoms with Gasteiger partial charge in [-0.1, -0.05) is 12.5 Å². The molecule has 1 aliphatic heterocycles. The molecule has 7 heteroatoms. The number of nitrogens with zero attached hydrogens (tertiary/aromatic N) is 3. The predicted molar refractivity (Wildman–Crippen MR) is 140 cm³/mol. The second kappa shape index (κ2) is 9.93. The van der Waals surface area contributed by atoms with Crippen LogP contribution in [0.5, 0.6) is 0 Å². The summed E-state index contributed by atoms with van der Waals surface area (Å²) in [6, 6.07) is 19.9. The van der Waals surface area contributed by atoms with E-state index in [1.54, 1.807) is 12.4 Å². The molecule has 3 heterocycles. The molecule has 1 fully saturated rings. The standard InChI is InChI=1S/C26H26N4OS2/c1-19-7-8-20(18-24(19)26-23-6-5-14-27-25(23)13-15-28-26)29-33(31)22-11-9-21(10-12-22)30-16-3-2-4-17-32-30/h5-15,18,29H,2-4,16-17H2,1H3. The average Bonchev–Trinajstić information content (AvgIpc) is 3.15. The van der Waals surface area contributed by atoms with Crippen molar-refractivity contribution in [3.8, 4) is 11.3 Å². The Morgan fingerprint density at radius 3 is 2.73 bits per heavy atom. The molecular formula is C26H26N4OS2. The summed E-state index contributed by atoms with van der Waals surface area (Å²) >= 11 is 1.89. The zero-order valence-corrected chi connectivity index (χ0v) is 20.2. The fraction of sp³-hybridized carbons (Fsp3) is 0.231. The maximum atomic E-state index is 13.1. The van der Waals surface area contributed by atoms with E-state index in [1.165, 1.54) is 24.9 Å². The summed E-state index contributed by atoms with van der Waals surface area (Å²) in [6.45, 7) is 3.13. The van der Waals surface area contributed by atoms with Crippen molar-refractivity contribution < 1.29 is 4.21 Å². The second-order valence-corrected chi connectivity index (χ2v) is 10.4. The minimum absolute atomic E-state index is 0.758. The van der Waals surface area contributed by atoms with Gasteiger partial charge in [0.15, 0.2) is 0 Å². The first-order chi connectivity index (χ1) is 16.2. The Balaban J connectivity index is 1.37. The molecule has 1 N–H and O–H groups in total. The van der Waals surface area contributed by atoms with Crippen molar-refractivity contribution in [2.75, 3.05) is 21.3 Å². The predicted octanol–water partition coefficient (Wildman–Crippen LogP) is 6.38. The van der Waals surface area contributed by atoms with Gasteiger partial charge in [0.25, 0.3) is 0 Å². The molecule has 0 radical (unpaired) electrons. The van der Waals surface area contributed by atoms with Gasteiger partial charge in [-0.05, 0) is 91.9 Å². The molecule has 1 unspecified atom stereocenters. The van der Waals surface area contributed by atoms with Crippen LogP contribution in [0.4, 0.5) is 11.4 Å². The van der Waals surface area contributed by atoms with E-state index >= 15 is 0 Å². The summed E-state index contributed by atoms with van der Waals surface area (Å²) in [5, 5.41) is 1.00. The highest BCUT2D eigenvalue weighted by atomic mass is 32.2. The number of aryl methyl sites for hydroxylation is 1. The van der Waals surface area contributed by atoms with Gasteiger partial charge in [0.1, 0.15) is 11.0 Å². The van der Waals surface area contributed by atoms with Gasteiger partial charge in [-0.2, -0.15) is 0 Å². The van der Waals surface area contributed by atoms with Crippen LogP contribution in [-0.4, -0.2) is 26.5 Å². The van der Waals surface area contributed by atoms with Crippen LogP contribution in [0, 0.1) is 6.92 Å². The molecule has 33 heavy (non-hydrogen) atoms. The number of fused-ring (bicyclic) bond motifs is 1. The molecule has 0 aliphatic carbocycles. The highest BCUT2D eigenvalue weighted by Gasteiger charge is 2.13. The molecule has 5 rings (SSSR count). The van der Waals surface area contributed by atoms with Crippen molar-refractivity contribution in [2.45, 2.75) is 31.1 Å². The molecule has 0 saturated carbocycles. The van der Waals surface area contributed by atoms with Gasteiger partial charge in [0.05, 0.1) is 16.1 Å². The Kier molecular flexibility index (Phi) is 6.60. The van der Waals surface area contributed by atoms with Crippen molar-refractivity contribution in [2.24, 2.45) is 0 Å². The van der Waals surface area contributed by atoms with Crippen LogP contribution in [0.1, 0.15) is 24.8 Å². The van der Waals surface area contributed by atoms with E-state index in [4.69, 9.17) is 0 Å². The first-order valence-electron chi connectivity index (χ1n) is 11.2. The van der Waals surface area contributed by atoms with E-state index in [9.17, 15) is 4.21 Å². The lowest BCUT2D eigenvalue weighted by atomic mass is 10.0. The van der Waals surface area contributed by atoms with Crippen LogP contribution in [-0.2, 0) is 11.0 Å². The van der Waals surface area contributed by atoms with E-state index in [0.29, 0.717) is 0 Å². The van der Waals surface area contributed by atoms with Crippen molar-refractivity contribution in [1.29, 1.82) is 0 Å². The normalized spacial score (nSPS) is 15.2. The number of nitrogens with one attached hydrogen (secondary N) is 1. The maximum Gasteiger partial charge on any atom is 0.150 e. The van der Waals surface area contributed by atoms with Crippen LogP contribution in [0.25, 0.3) is 22.2 Å². The third kappa shape index (κ3) is 4.89. The highest BCUT2D eigenvalue weighted by Crippen LogP contribution is 2.31. The Morgan fingerprint density at radius 2 is 1.85 bits per heavy atom. The summed E-state index contributed by atoms with van der Waals surface area (Å²) in [4.78, 5) is 9.83. The van der Waals surface area contributed by atoms with Gasteiger partial charge in [0.2, 0.25) is 0 Å². The number of hydrogen-bond acceptors (Lipinski definition) is 5. The third-order valence-corrected chi connectivity index (χ3v) is 8.12. The molecule has 0 bridgehead atoms. The van der Waals surface area contributed by atoms with Crippen molar-refractivity contribution in [1.82, 2.24) is 9.97 Å². The number of aromatic nitrogens is 2. The second-order valence-electron chi connectivity index (χ2n) is 8.12. The molecule has 168 valence electrons. The maximum absolute atomic E-state index is 13.1.